The molecule has 1 rings (SSSR count). The summed E-state index contributed by atoms with van der Waals surface area (Å²) < 4.78 is 0. The van der Waals surface area contributed by atoms with E-state index in [0.29, 0.717) is 5.02 Å². The molecule has 0 aromatic heterocycles. The van der Waals surface area contributed by atoms with Gasteiger partial charge in [0.2, 0.25) is 0 Å². The van der Waals surface area contributed by atoms with E-state index in [2.05, 4.69) is 10.6 Å². The molecule has 104 valence electrons. The van der Waals surface area contributed by atoms with Crippen LogP contribution in [0.1, 0.15) is 19.4 Å². The fraction of sp³-hybridized carbons (Fsp3) is 0.385. The summed E-state index contributed by atoms with van der Waals surface area (Å²) in [6.45, 7) is 3.75. The monoisotopic (exact) mass is 284 g/mol. The Hall–Kier alpha value is -1.75. The Balaban J connectivity index is 2.49. The number of benzene rings is 1. The zero-order chi connectivity index (χ0) is 14.4. The SMILES string of the molecule is CC(C)[C@H](NC(=O)NCc1cccc(Cl)c1)C(=O)O. The molecule has 19 heavy (non-hydrogen) atoms. The third kappa shape index (κ3) is 5.18. The van der Waals surface area contributed by atoms with Crippen LogP contribution in [-0.4, -0.2) is 23.1 Å². The molecule has 0 unspecified atom stereocenters. The second-order valence-electron chi connectivity index (χ2n) is 4.52. The highest BCUT2D eigenvalue weighted by atomic mass is 35.5. The standard InChI is InChI=1S/C13H17ClN2O3/c1-8(2)11(12(17)18)16-13(19)15-7-9-4-3-5-10(14)6-9/h3-6,8,11H,7H2,1-2H3,(H,17,18)(H2,15,16,19)/t11-/m0/s1. The lowest BCUT2D eigenvalue weighted by atomic mass is 10.1. The van der Waals surface area contributed by atoms with Gasteiger partial charge >= 0.3 is 12.0 Å². The molecule has 0 saturated heterocycles. The van der Waals surface area contributed by atoms with Crippen LogP contribution in [-0.2, 0) is 11.3 Å². The van der Waals surface area contributed by atoms with Crippen molar-refractivity contribution in [2.24, 2.45) is 5.92 Å². The van der Waals surface area contributed by atoms with Crippen molar-refractivity contribution in [1.82, 2.24) is 10.6 Å². The fourth-order valence-electron chi connectivity index (χ4n) is 1.54. The van der Waals surface area contributed by atoms with Gasteiger partial charge in [0, 0.05) is 11.6 Å². The van der Waals surface area contributed by atoms with Crippen molar-refractivity contribution in [3.05, 3.63) is 34.9 Å². The highest BCUT2D eigenvalue weighted by Gasteiger charge is 2.23. The first kappa shape index (κ1) is 15.3. The van der Waals surface area contributed by atoms with Gasteiger partial charge in [-0.25, -0.2) is 9.59 Å². The molecule has 1 atom stereocenters. The number of carboxylic acid groups (broad SMARTS) is 1. The minimum Gasteiger partial charge on any atom is -0.480 e. The Labute approximate surface area is 117 Å². The predicted octanol–water partition coefficient (Wildman–Crippen LogP) is 2.25. The maximum Gasteiger partial charge on any atom is 0.326 e. The van der Waals surface area contributed by atoms with E-state index in [1.807, 2.05) is 6.07 Å². The van der Waals surface area contributed by atoms with Crippen LogP contribution in [0.25, 0.3) is 0 Å². The minimum absolute atomic E-state index is 0.186. The summed E-state index contributed by atoms with van der Waals surface area (Å²) in [5.74, 6) is -1.23. The van der Waals surface area contributed by atoms with Gasteiger partial charge in [-0.2, -0.15) is 0 Å². The van der Waals surface area contributed by atoms with Gasteiger partial charge < -0.3 is 15.7 Å². The largest absolute Gasteiger partial charge is 0.480 e. The van der Waals surface area contributed by atoms with Crippen molar-refractivity contribution < 1.29 is 14.7 Å². The summed E-state index contributed by atoms with van der Waals surface area (Å²) in [4.78, 5) is 22.5. The molecular formula is C13H17ClN2O3. The van der Waals surface area contributed by atoms with Crippen molar-refractivity contribution in [3.63, 3.8) is 0 Å². The molecule has 0 saturated carbocycles. The number of carbonyl (C=O) groups excluding carboxylic acids is 1. The number of nitrogens with one attached hydrogen (secondary N) is 2. The number of halogens is 1. The Bertz CT molecular complexity index is 463. The van der Waals surface area contributed by atoms with Crippen LogP contribution in [0.5, 0.6) is 0 Å². The zero-order valence-corrected chi connectivity index (χ0v) is 11.6. The van der Waals surface area contributed by atoms with Gasteiger partial charge in [-0.05, 0) is 23.6 Å². The van der Waals surface area contributed by atoms with Crippen molar-refractivity contribution in [3.8, 4) is 0 Å². The number of amides is 2. The lowest BCUT2D eigenvalue weighted by Gasteiger charge is -2.18. The highest BCUT2D eigenvalue weighted by Crippen LogP contribution is 2.10. The van der Waals surface area contributed by atoms with Gasteiger partial charge in [0.25, 0.3) is 0 Å². The molecule has 3 N–H and O–H groups in total. The number of hydrogen-bond donors (Lipinski definition) is 3. The average molecular weight is 285 g/mol. The molecule has 0 spiro atoms. The van der Waals surface area contributed by atoms with Gasteiger partial charge in [0.1, 0.15) is 6.04 Å². The van der Waals surface area contributed by atoms with Crippen LogP contribution >= 0.6 is 11.6 Å². The molecule has 1 aromatic rings. The van der Waals surface area contributed by atoms with Crippen molar-refractivity contribution in [1.29, 1.82) is 0 Å². The summed E-state index contributed by atoms with van der Waals surface area (Å²) in [7, 11) is 0. The van der Waals surface area contributed by atoms with Gasteiger partial charge in [0.05, 0.1) is 0 Å². The van der Waals surface area contributed by atoms with Gasteiger partial charge in [-0.1, -0.05) is 37.6 Å². The van der Waals surface area contributed by atoms with E-state index >= 15 is 0 Å². The molecule has 0 fully saturated rings. The molecule has 0 aliphatic carbocycles. The van der Waals surface area contributed by atoms with E-state index in [-0.39, 0.29) is 12.5 Å². The minimum atomic E-state index is -1.05. The summed E-state index contributed by atoms with van der Waals surface area (Å²) in [5.41, 5.74) is 0.846. The summed E-state index contributed by atoms with van der Waals surface area (Å²) in [6.07, 6.45) is 0. The molecule has 2 amide bonds. The van der Waals surface area contributed by atoms with E-state index in [0.717, 1.165) is 5.56 Å². The van der Waals surface area contributed by atoms with Crippen LogP contribution in [0.2, 0.25) is 5.02 Å². The van der Waals surface area contributed by atoms with E-state index in [4.69, 9.17) is 16.7 Å². The number of aliphatic carboxylic acids is 1. The Morgan fingerprint density at radius 1 is 1.37 bits per heavy atom. The number of carboxylic acids is 1. The maximum absolute atomic E-state index is 11.6. The van der Waals surface area contributed by atoms with Crippen molar-refractivity contribution >= 4 is 23.6 Å². The van der Waals surface area contributed by atoms with Crippen LogP contribution in [0.4, 0.5) is 4.79 Å². The van der Waals surface area contributed by atoms with Gasteiger partial charge in [-0.3, -0.25) is 0 Å². The van der Waals surface area contributed by atoms with Crippen LogP contribution in [0.3, 0.4) is 0 Å². The van der Waals surface area contributed by atoms with Crippen molar-refractivity contribution in [2.45, 2.75) is 26.4 Å². The third-order valence-electron chi connectivity index (χ3n) is 2.56. The third-order valence-corrected chi connectivity index (χ3v) is 2.80. The average Bonchev–Trinajstić information content (AvgIpc) is 2.32. The van der Waals surface area contributed by atoms with Gasteiger partial charge in [-0.15, -0.1) is 0 Å². The summed E-state index contributed by atoms with van der Waals surface area (Å²) in [5, 5.41) is 14.6. The molecule has 5 nitrogen and oxygen atoms in total. The molecular weight excluding hydrogens is 268 g/mol. The fourth-order valence-corrected chi connectivity index (χ4v) is 1.75. The lowest BCUT2D eigenvalue weighted by Crippen LogP contribution is -2.48. The maximum atomic E-state index is 11.6. The van der Waals surface area contributed by atoms with E-state index < -0.39 is 18.0 Å². The lowest BCUT2D eigenvalue weighted by molar-refractivity contribution is -0.140. The number of urea groups is 1. The van der Waals surface area contributed by atoms with Crippen LogP contribution in [0.15, 0.2) is 24.3 Å². The van der Waals surface area contributed by atoms with Crippen LogP contribution < -0.4 is 10.6 Å². The van der Waals surface area contributed by atoms with Crippen LogP contribution in [0, 0.1) is 5.92 Å². The molecule has 6 heteroatoms. The molecule has 0 heterocycles. The quantitative estimate of drug-likeness (QED) is 0.776. The zero-order valence-electron chi connectivity index (χ0n) is 10.8. The first-order valence-corrected chi connectivity index (χ1v) is 6.29. The molecule has 1 aromatic carbocycles. The van der Waals surface area contributed by atoms with E-state index in [9.17, 15) is 9.59 Å². The second-order valence-corrected chi connectivity index (χ2v) is 4.95. The summed E-state index contributed by atoms with van der Waals surface area (Å²) in [6, 6.07) is 5.67. The first-order chi connectivity index (χ1) is 8.90. The highest BCUT2D eigenvalue weighted by molar-refractivity contribution is 6.30. The first-order valence-electron chi connectivity index (χ1n) is 5.91. The molecule has 0 aliphatic heterocycles. The van der Waals surface area contributed by atoms with Crippen molar-refractivity contribution in [2.75, 3.05) is 0 Å². The van der Waals surface area contributed by atoms with Gasteiger partial charge in [0.15, 0.2) is 0 Å². The Morgan fingerprint density at radius 2 is 2.05 bits per heavy atom. The molecule has 0 radical (unpaired) electrons. The predicted molar refractivity (Wildman–Crippen MR) is 73.1 cm³/mol. The smallest absolute Gasteiger partial charge is 0.326 e. The Morgan fingerprint density at radius 3 is 2.58 bits per heavy atom. The Kier molecular flexibility index (Phi) is 5.63. The topological polar surface area (TPSA) is 78.4 Å². The van der Waals surface area contributed by atoms with E-state index in [1.54, 1.807) is 32.0 Å². The number of carbonyl (C=O) groups is 2. The molecule has 0 bridgehead atoms. The number of rotatable bonds is 5. The second kappa shape index (κ2) is 6.99. The molecule has 0 aliphatic rings. The number of hydrogen-bond acceptors (Lipinski definition) is 2. The normalized spacial score (nSPS) is 12.0. The summed E-state index contributed by atoms with van der Waals surface area (Å²) >= 11 is 5.82. The van der Waals surface area contributed by atoms with E-state index in [1.165, 1.54) is 0 Å².